The Labute approximate surface area is 123 Å². The molecule has 1 aromatic heterocycles. The molecule has 0 aliphatic heterocycles. The predicted molar refractivity (Wildman–Crippen MR) is 77.6 cm³/mol. The fraction of sp³-hybridized carbons (Fsp3) is 0.100. The van der Waals surface area contributed by atoms with Crippen molar-refractivity contribution in [2.75, 3.05) is 10.5 Å². The van der Waals surface area contributed by atoms with E-state index in [0.717, 1.165) is 0 Å². The van der Waals surface area contributed by atoms with Gasteiger partial charge in [-0.05, 0) is 34.1 Å². The van der Waals surface area contributed by atoms with E-state index in [2.05, 4.69) is 25.8 Å². The van der Waals surface area contributed by atoms with Crippen LogP contribution in [0.1, 0.15) is 0 Å². The normalized spacial score (nSPS) is 11.5. The summed E-state index contributed by atoms with van der Waals surface area (Å²) in [6, 6.07) is 4.31. The highest BCUT2D eigenvalue weighted by atomic mass is 79.9. The van der Waals surface area contributed by atoms with Crippen molar-refractivity contribution in [1.29, 1.82) is 0 Å². The van der Waals surface area contributed by atoms with Gasteiger partial charge in [0.05, 0.1) is 21.8 Å². The van der Waals surface area contributed by atoms with Crippen LogP contribution in [0, 0.1) is 0 Å². The summed E-state index contributed by atoms with van der Waals surface area (Å²) in [5.41, 5.74) is 5.89. The summed E-state index contributed by atoms with van der Waals surface area (Å²) in [6.07, 6.45) is 1.37. The molecule has 19 heavy (non-hydrogen) atoms. The number of hydrogen-bond donors (Lipinski definition) is 2. The maximum absolute atomic E-state index is 12.2. The van der Waals surface area contributed by atoms with Crippen LogP contribution in [0.25, 0.3) is 0 Å². The van der Waals surface area contributed by atoms with E-state index in [1.54, 1.807) is 7.05 Å². The number of nitrogens with zero attached hydrogens (tertiary/aromatic N) is 2. The number of aromatic nitrogens is 2. The molecule has 0 saturated heterocycles. The summed E-state index contributed by atoms with van der Waals surface area (Å²) in [7, 11) is -2.16. The third kappa shape index (κ3) is 2.85. The highest BCUT2D eigenvalue weighted by Crippen LogP contribution is 2.27. The highest BCUT2D eigenvalue weighted by Gasteiger charge is 2.18. The summed E-state index contributed by atoms with van der Waals surface area (Å²) in [4.78, 5) is 0.0735. The number of hydrogen-bond acceptors (Lipinski definition) is 4. The number of aryl methyl sites for hydroxylation is 1. The minimum Gasteiger partial charge on any atom is -0.394 e. The maximum atomic E-state index is 12.2. The fourth-order valence-electron chi connectivity index (χ4n) is 1.41. The van der Waals surface area contributed by atoms with Crippen LogP contribution in [0.2, 0.25) is 5.02 Å². The number of sulfonamides is 1. The highest BCUT2D eigenvalue weighted by molar-refractivity contribution is 9.10. The van der Waals surface area contributed by atoms with Crippen LogP contribution in [0.3, 0.4) is 0 Å². The van der Waals surface area contributed by atoms with Crippen LogP contribution >= 0.6 is 27.5 Å². The van der Waals surface area contributed by atoms with Gasteiger partial charge in [-0.15, -0.1) is 0 Å². The molecule has 0 fully saturated rings. The molecule has 0 bridgehead atoms. The molecule has 6 nitrogen and oxygen atoms in total. The minimum atomic E-state index is -3.75. The van der Waals surface area contributed by atoms with E-state index in [0.29, 0.717) is 9.50 Å². The van der Waals surface area contributed by atoms with Crippen LogP contribution in [0.15, 0.2) is 33.8 Å². The standard InChI is InChI=1S/C10H10BrClN4O2S/c1-16-10(9(13)5-14-16)15-19(17,18)6-2-3-8(12)7(11)4-6/h2-5,15H,13H2,1H3. The van der Waals surface area contributed by atoms with Gasteiger partial charge in [-0.25, -0.2) is 8.42 Å². The van der Waals surface area contributed by atoms with Gasteiger partial charge in [0.15, 0.2) is 5.82 Å². The van der Waals surface area contributed by atoms with Crippen LogP contribution in [-0.4, -0.2) is 18.2 Å². The van der Waals surface area contributed by atoms with E-state index >= 15 is 0 Å². The van der Waals surface area contributed by atoms with Crippen molar-refractivity contribution in [2.24, 2.45) is 7.05 Å². The third-order valence-corrected chi connectivity index (χ3v) is 4.95. The van der Waals surface area contributed by atoms with Crippen molar-refractivity contribution in [1.82, 2.24) is 9.78 Å². The SMILES string of the molecule is Cn1ncc(N)c1NS(=O)(=O)c1ccc(Cl)c(Br)c1. The third-order valence-electron chi connectivity index (χ3n) is 2.40. The average Bonchev–Trinajstić information content (AvgIpc) is 2.64. The van der Waals surface area contributed by atoms with Gasteiger partial charge >= 0.3 is 0 Å². The van der Waals surface area contributed by atoms with Crippen LogP contribution in [-0.2, 0) is 17.1 Å². The van der Waals surface area contributed by atoms with Crippen molar-refractivity contribution in [3.8, 4) is 0 Å². The molecular weight excluding hydrogens is 356 g/mol. The second kappa shape index (κ2) is 5.03. The van der Waals surface area contributed by atoms with Gasteiger partial charge in [-0.3, -0.25) is 9.40 Å². The maximum Gasteiger partial charge on any atom is 0.263 e. The second-order valence-electron chi connectivity index (χ2n) is 3.75. The van der Waals surface area contributed by atoms with Gasteiger partial charge in [0.1, 0.15) is 0 Å². The molecule has 9 heteroatoms. The zero-order chi connectivity index (χ0) is 14.2. The fourth-order valence-corrected chi connectivity index (χ4v) is 3.20. The second-order valence-corrected chi connectivity index (χ2v) is 6.70. The van der Waals surface area contributed by atoms with E-state index in [-0.39, 0.29) is 16.4 Å². The molecule has 3 N–H and O–H groups in total. The first kappa shape index (κ1) is 14.2. The molecule has 1 heterocycles. The van der Waals surface area contributed by atoms with E-state index in [1.165, 1.54) is 29.1 Å². The minimum absolute atomic E-state index is 0.0735. The largest absolute Gasteiger partial charge is 0.394 e. The lowest BCUT2D eigenvalue weighted by molar-refractivity contribution is 0.600. The van der Waals surface area contributed by atoms with Crippen molar-refractivity contribution >= 4 is 49.1 Å². The van der Waals surface area contributed by atoms with E-state index in [1.807, 2.05) is 0 Å². The quantitative estimate of drug-likeness (QED) is 0.872. The van der Waals surface area contributed by atoms with Crippen LogP contribution in [0.5, 0.6) is 0 Å². The Morgan fingerprint density at radius 1 is 1.47 bits per heavy atom. The van der Waals surface area contributed by atoms with Gasteiger partial charge in [0.2, 0.25) is 0 Å². The summed E-state index contributed by atoms with van der Waals surface area (Å²) in [5.74, 6) is 0.214. The number of anilines is 2. The molecule has 0 aliphatic rings. The number of nitrogens with two attached hydrogens (primary N) is 1. The summed E-state index contributed by atoms with van der Waals surface area (Å²) in [5, 5.41) is 4.29. The van der Waals surface area contributed by atoms with E-state index in [9.17, 15) is 8.42 Å². The Kier molecular flexibility index (Phi) is 3.75. The Balaban J connectivity index is 2.41. The van der Waals surface area contributed by atoms with Gasteiger partial charge in [0, 0.05) is 11.5 Å². The number of halogens is 2. The number of rotatable bonds is 3. The van der Waals surface area contributed by atoms with E-state index < -0.39 is 10.0 Å². The van der Waals surface area contributed by atoms with Crippen molar-refractivity contribution in [3.05, 3.63) is 33.9 Å². The Bertz CT molecular complexity index is 710. The molecule has 0 spiro atoms. The molecule has 0 atom stereocenters. The first-order valence-electron chi connectivity index (χ1n) is 5.06. The first-order valence-corrected chi connectivity index (χ1v) is 7.72. The van der Waals surface area contributed by atoms with Crippen LogP contribution < -0.4 is 10.5 Å². The zero-order valence-electron chi connectivity index (χ0n) is 9.76. The molecule has 0 amide bonds. The molecule has 0 radical (unpaired) electrons. The summed E-state index contributed by atoms with van der Waals surface area (Å²) >= 11 is 9.01. The van der Waals surface area contributed by atoms with Crippen LogP contribution in [0.4, 0.5) is 11.5 Å². The van der Waals surface area contributed by atoms with Crippen molar-refractivity contribution < 1.29 is 8.42 Å². The lowest BCUT2D eigenvalue weighted by Crippen LogP contribution is -2.16. The monoisotopic (exact) mass is 364 g/mol. The molecule has 102 valence electrons. The van der Waals surface area contributed by atoms with Gasteiger partial charge < -0.3 is 5.73 Å². The first-order chi connectivity index (χ1) is 8.81. The Morgan fingerprint density at radius 3 is 2.68 bits per heavy atom. The van der Waals surface area contributed by atoms with E-state index in [4.69, 9.17) is 17.3 Å². The molecule has 2 aromatic rings. The lowest BCUT2D eigenvalue weighted by atomic mass is 10.4. The van der Waals surface area contributed by atoms with Gasteiger partial charge in [-0.1, -0.05) is 11.6 Å². The Morgan fingerprint density at radius 2 is 2.16 bits per heavy atom. The lowest BCUT2D eigenvalue weighted by Gasteiger charge is -2.09. The molecule has 1 aromatic carbocycles. The molecule has 0 saturated carbocycles. The van der Waals surface area contributed by atoms with Crippen molar-refractivity contribution in [3.63, 3.8) is 0 Å². The number of nitrogen functional groups attached to an aromatic ring is 1. The molecule has 0 aliphatic carbocycles. The van der Waals surface area contributed by atoms with Crippen molar-refractivity contribution in [2.45, 2.75) is 4.90 Å². The average molecular weight is 366 g/mol. The number of nitrogens with one attached hydrogen (secondary N) is 1. The Hall–Kier alpha value is -1.25. The zero-order valence-corrected chi connectivity index (χ0v) is 12.9. The smallest absolute Gasteiger partial charge is 0.263 e. The predicted octanol–water partition coefficient (Wildman–Crippen LogP) is 2.22. The molecular formula is C10H10BrClN4O2S. The summed E-state index contributed by atoms with van der Waals surface area (Å²) in [6.45, 7) is 0. The van der Waals surface area contributed by atoms with Gasteiger partial charge in [-0.2, -0.15) is 5.10 Å². The summed E-state index contributed by atoms with van der Waals surface area (Å²) < 4.78 is 28.6. The van der Waals surface area contributed by atoms with Gasteiger partial charge in [0.25, 0.3) is 10.0 Å². The molecule has 2 rings (SSSR count). The topological polar surface area (TPSA) is 90.0 Å². The number of benzene rings is 1. The molecule has 0 unspecified atom stereocenters.